The first-order valence-electron chi connectivity index (χ1n) is 14.4. The zero-order valence-electron chi connectivity index (χ0n) is 22.8. The van der Waals surface area contributed by atoms with Crippen LogP contribution in [0.1, 0.15) is 0 Å². The van der Waals surface area contributed by atoms with Gasteiger partial charge in [-0.05, 0) is 74.1 Å². The van der Waals surface area contributed by atoms with Gasteiger partial charge in [-0.2, -0.15) is 0 Å². The fraction of sp³-hybridized carbons (Fsp3) is 0. The lowest BCUT2D eigenvalue weighted by molar-refractivity contribution is 0.669. The van der Waals surface area contributed by atoms with Crippen molar-refractivity contribution in [3.8, 4) is 0 Å². The maximum absolute atomic E-state index is 6.50. The molecule has 42 heavy (non-hydrogen) atoms. The molecule has 1 heterocycles. The molecule has 1 aromatic heterocycles. The predicted octanol–water partition coefficient (Wildman–Crippen LogP) is 11.7. The Kier molecular flexibility index (Phi) is 4.93. The van der Waals surface area contributed by atoms with E-state index < -0.39 is 0 Å². The van der Waals surface area contributed by atoms with E-state index in [4.69, 9.17) is 4.42 Å². The third kappa shape index (κ3) is 3.33. The number of para-hydroxylation sites is 1. The normalized spacial score (nSPS) is 11.8. The standard InChI is InChI=1S/C40H25NO/c1-2-13-29(14-3-1)41(35-18-9-19-36-40(35)39-31-16-7-5-11-27(31)22-25-37(39)42-36)34-17-8-12-28-21-23-32-30-15-6-4-10-26(30)20-24-33(32)38(28)34/h1-25H. The van der Waals surface area contributed by atoms with Gasteiger partial charge in [-0.3, -0.25) is 0 Å². The van der Waals surface area contributed by atoms with E-state index in [9.17, 15) is 0 Å². The summed E-state index contributed by atoms with van der Waals surface area (Å²) in [6.45, 7) is 0. The molecule has 0 aliphatic rings. The zero-order chi connectivity index (χ0) is 27.6. The van der Waals surface area contributed by atoms with Crippen LogP contribution in [0.2, 0.25) is 0 Å². The summed E-state index contributed by atoms with van der Waals surface area (Å²) in [6, 6.07) is 54.3. The van der Waals surface area contributed by atoms with Crippen molar-refractivity contribution in [2.75, 3.05) is 4.90 Å². The molecule has 0 fully saturated rings. The van der Waals surface area contributed by atoms with Crippen LogP contribution >= 0.6 is 0 Å². The molecule has 0 aliphatic carbocycles. The fourth-order valence-electron chi connectivity index (χ4n) is 6.78. The summed E-state index contributed by atoms with van der Waals surface area (Å²) in [5.41, 5.74) is 5.13. The minimum absolute atomic E-state index is 0.885. The molecule has 0 bridgehead atoms. The molecule has 0 unspecified atom stereocenters. The molecule has 0 radical (unpaired) electrons. The van der Waals surface area contributed by atoms with Gasteiger partial charge in [-0.25, -0.2) is 0 Å². The van der Waals surface area contributed by atoms with Crippen molar-refractivity contribution >= 4 is 82.1 Å². The Morgan fingerprint density at radius 1 is 0.333 bits per heavy atom. The summed E-state index contributed by atoms with van der Waals surface area (Å²) in [6.07, 6.45) is 0. The van der Waals surface area contributed by atoms with Crippen LogP contribution in [0, 0.1) is 0 Å². The van der Waals surface area contributed by atoms with E-state index in [0.717, 1.165) is 39.0 Å². The van der Waals surface area contributed by atoms with Crippen LogP contribution < -0.4 is 4.90 Å². The number of hydrogen-bond acceptors (Lipinski definition) is 2. The highest BCUT2D eigenvalue weighted by Gasteiger charge is 2.22. The molecule has 9 rings (SSSR count). The van der Waals surface area contributed by atoms with Crippen molar-refractivity contribution in [3.63, 3.8) is 0 Å². The molecule has 0 spiro atoms. The van der Waals surface area contributed by atoms with Crippen LogP contribution in [-0.2, 0) is 0 Å². The summed E-state index contributed by atoms with van der Waals surface area (Å²) in [5.74, 6) is 0. The molecular formula is C40H25NO. The first-order chi connectivity index (χ1) is 20.8. The summed E-state index contributed by atoms with van der Waals surface area (Å²) in [5, 5.41) is 12.2. The smallest absolute Gasteiger partial charge is 0.137 e. The van der Waals surface area contributed by atoms with Crippen molar-refractivity contribution in [2.45, 2.75) is 0 Å². The molecule has 0 N–H and O–H groups in total. The molecule has 2 nitrogen and oxygen atoms in total. The molecule has 0 atom stereocenters. The molecular weight excluding hydrogens is 510 g/mol. The first-order valence-corrected chi connectivity index (χ1v) is 14.4. The molecule has 2 heteroatoms. The van der Waals surface area contributed by atoms with Crippen LogP contribution in [0.3, 0.4) is 0 Å². The minimum Gasteiger partial charge on any atom is -0.456 e. The quantitative estimate of drug-likeness (QED) is 0.209. The van der Waals surface area contributed by atoms with Gasteiger partial charge in [0.25, 0.3) is 0 Å². The second-order valence-corrected chi connectivity index (χ2v) is 10.9. The van der Waals surface area contributed by atoms with Crippen LogP contribution in [-0.4, -0.2) is 0 Å². The van der Waals surface area contributed by atoms with Gasteiger partial charge >= 0.3 is 0 Å². The van der Waals surface area contributed by atoms with Crippen LogP contribution in [0.4, 0.5) is 17.1 Å². The molecule has 0 saturated carbocycles. The monoisotopic (exact) mass is 535 g/mol. The van der Waals surface area contributed by atoms with Gasteiger partial charge in [0, 0.05) is 16.5 Å². The van der Waals surface area contributed by atoms with E-state index in [-0.39, 0.29) is 0 Å². The van der Waals surface area contributed by atoms with E-state index in [0.29, 0.717) is 0 Å². The Morgan fingerprint density at radius 3 is 1.79 bits per heavy atom. The Morgan fingerprint density at radius 2 is 0.929 bits per heavy atom. The summed E-state index contributed by atoms with van der Waals surface area (Å²) in [4.78, 5) is 2.41. The summed E-state index contributed by atoms with van der Waals surface area (Å²) >= 11 is 0. The van der Waals surface area contributed by atoms with E-state index in [1.54, 1.807) is 0 Å². The topological polar surface area (TPSA) is 16.4 Å². The van der Waals surface area contributed by atoms with Gasteiger partial charge < -0.3 is 9.32 Å². The number of hydrogen-bond donors (Lipinski definition) is 0. The Bertz CT molecular complexity index is 2470. The van der Waals surface area contributed by atoms with Crippen molar-refractivity contribution in [2.24, 2.45) is 0 Å². The SMILES string of the molecule is c1ccc(N(c2cccc3ccc4c5ccccc5ccc4c23)c2cccc3oc4ccc5ccccc5c4c23)cc1. The number of benzene rings is 8. The van der Waals surface area contributed by atoms with Gasteiger partial charge in [0.1, 0.15) is 11.2 Å². The highest BCUT2D eigenvalue weighted by molar-refractivity contribution is 6.25. The predicted molar refractivity (Wildman–Crippen MR) is 178 cm³/mol. The number of nitrogens with zero attached hydrogens (tertiary/aromatic N) is 1. The van der Waals surface area contributed by atoms with Crippen LogP contribution in [0.5, 0.6) is 0 Å². The summed E-state index contributed by atoms with van der Waals surface area (Å²) < 4.78 is 6.50. The fourth-order valence-corrected chi connectivity index (χ4v) is 6.78. The second-order valence-electron chi connectivity index (χ2n) is 10.9. The number of furan rings is 1. The third-order valence-electron chi connectivity index (χ3n) is 8.61. The number of rotatable bonds is 3. The Hall–Kier alpha value is -5.60. The molecule has 9 aromatic rings. The van der Waals surface area contributed by atoms with E-state index in [1.165, 1.54) is 43.1 Å². The largest absolute Gasteiger partial charge is 0.456 e. The lowest BCUT2D eigenvalue weighted by atomic mass is 9.95. The van der Waals surface area contributed by atoms with Crippen molar-refractivity contribution in [1.82, 2.24) is 0 Å². The minimum atomic E-state index is 0.885. The lowest BCUT2D eigenvalue weighted by Gasteiger charge is -2.28. The van der Waals surface area contributed by atoms with Crippen LogP contribution in [0.25, 0.3) is 65.0 Å². The maximum Gasteiger partial charge on any atom is 0.137 e. The number of anilines is 3. The van der Waals surface area contributed by atoms with Crippen LogP contribution in [0.15, 0.2) is 156 Å². The third-order valence-corrected chi connectivity index (χ3v) is 8.61. The highest BCUT2D eigenvalue weighted by Crippen LogP contribution is 2.47. The Labute approximate surface area is 242 Å². The van der Waals surface area contributed by atoms with Gasteiger partial charge in [0.15, 0.2) is 0 Å². The van der Waals surface area contributed by atoms with Crippen molar-refractivity contribution < 1.29 is 4.42 Å². The first kappa shape index (κ1) is 23.1. The Balaban J connectivity index is 1.44. The van der Waals surface area contributed by atoms with Crippen molar-refractivity contribution in [3.05, 3.63) is 152 Å². The van der Waals surface area contributed by atoms with Gasteiger partial charge in [0.05, 0.1) is 16.8 Å². The van der Waals surface area contributed by atoms with E-state index in [2.05, 4.69) is 157 Å². The molecule has 0 aliphatic heterocycles. The molecule has 196 valence electrons. The zero-order valence-corrected chi connectivity index (χ0v) is 22.8. The second kappa shape index (κ2) is 8.95. The van der Waals surface area contributed by atoms with Gasteiger partial charge in [-0.1, -0.05) is 115 Å². The maximum atomic E-state index is 6.50. The molecule has 0 amide bonds. The van der Waals surface area contributed by atoms with Gasteiger partial charge in [0.2, 0.25) is 0 Å². The van der Waals surface area contributed by atoms with E-state index >= 15 is 0 Å². The average Bonchev–Trinajstić information content (AvgIpc) is 3.45. The average molecular weight is 536 g/mol. The molecule has 0 saturated heterocycles. The molecule has 8 aromatic carbocycles. The number of fused-ring (bicyclic) bond motifs is 10. The van der Waals surface area contributed by atoms with E-state index in [1.807, 2.05) is 0 Å². The lowest BCUT2D eigenvalue weighted by Crippen LogP contribution is -2.11. The highest BCUT2D eigenvalue weighted by atomic mass is 16.3. The van der Waals surface area contributed by atoms with Gasteiger partial charge in [-0.15, -0.1) is 0 Å². The van der Waals surface area contributed by atoms with Crippen molar-refractivity contribution in [1.29, 1.82) is 0 Å². The summed E-state index contributed by atoms with van der Waals surface area (Å²) in [7, 11) is 0.